The molecule has 0 spiro atoms. The fourth-order valence-electron chi connectivity index (χ4n) is 1.24. The summed E-state index contributed by atoms with van der Waals surface area (Å²) in [5.74, 6) is -0.901. The summed E-state index contributed by atoms with van der Waals surface area (Å²) in [4.78, 5) is 12.9. The molecule has 1 heterocycles. The zero-order valence-corrected chi connectivity index (χ0v) is 12.1. The number of rotatable bonds is 3. The first-order chi connectivity index (χ1) is 7.06. The van der Waals surface area contributed by atoms with E-state index in [1.165, 1.54) is 0 Å². The molecule has 0 aromatic heterocycles. The predicted molar refractivity (Wildman–Crippen MR) is 73.9 cm³/mol. The van der Waals surface area contributed by atoms with Gasteiger partial charge in [-0.1, -0.05) is 0 Å². The summed E-state index contributed by atoms with van der Waals surface area (Å²) in [6.07, 6.45) is 0. The van der Waals surface area contributed by atoms with Crippen LogP contribution in [0.25, 0.3) is 0 Å². The molecule has 1 aromatic rings. The number of carbonyl (C=O) groups is 1. The topological polar surface area (TPSA) is 62.0 Å². The van der Waals surface area contributed by atoms with Crippen molar-refractivity contribution < 1.29 is 9.90 Å². The van der Waals surface area contributed by atoms with E-state index in [1.54, 1.807) is 12.1 Å². The summed E-state index contributed by atoms with van der Waals surface area (Å²) in [5.41, 5.74) is 1.33. The molecule has 6 heteroatoms. The Morgan fingerprint density at radius 1 is 1.40 bits per heavy atom. The van der Waals surface area contributed by atoms with Crippen LogP contribution < -0.4 is 0 Å². The van der Waals surface area contributed by atoms with Gasteiger partial charge >= 0.3 is 105 Å². The summed E-state index contributed by atoms with van der Waals surface area (Å²) >= 11 is 1.21. The van der Waals surface area contributed by atoms with E-state index in [-0.39, 0.29) is 3.67 Å². The van der Waals surface area contributed by atoms with Gasteiger partial charge in [-0.3, -0.25) is 0 Å². The number of alkyl halides is 2. The standard InChI is InChI=1S/C9H8I2N2O2/c1-11(10)9(12-13-9)7-4-2-6(3-5-7)8(14)15/h2-5H,1H3,(H,14,15). The van der Waals surface area contributed by atoms with Crippen molar-refractivity contribution in [1.29, 1.82) is 0 Å². The van der Waals surface area contributed by atoms with Gasteiger partial charge in [0.15, 0.2) is 0 Å². The summed E-state index contributed by atoms with van der Waals surface area (Å²) in [6.45, 7) is 0. The van der Waals surface area contributed by atoms with E-state index in [0.29, 0.717) is 5.56 Å². The Morgan fingerprint density at radius 3 is 2.27 bits per heavy atom. The van der Waals surface area contributed by atoms with Gasteiger partial charge in [0.25, 0.3) is 0 Å². The van der Waals surface area contributed by atoms with Crippen molar-refractivity contribution in [3.8, 4) is 0 Å². The van der Waals surface area contributed by atoms with E-state index < -0.39 is 21.8 Å². The second kappa shape index (κ2) is 3.96. The summed E-state index contributed by atoms with van der Waals surface area (Å²) in [7, 11) is 0. The van der Waals surface area contributed by atoms with Crippen molar-refractivity contribution in [3.05, 3.63) is 35.4 Å². The Morgan fingerprint density at radius 2 is 1.93 bits per heavy atom. The van der Waals surface area contributed by atoms with Crippen molar-refractivity contribution in [2.24, 2.45) is 10.2 Å². The molecule has 4 nitrogen and oxygen atoms in total. The summed E-state index contributed by atoms with van der Waals surface area (Å²) in [5, 5.41) is 17.0. The van der Waals surface area contributed by atoms with E-state index in [1.807, 2.05) is 12.1 Å². The van der Waals surface area contributed by atoms with Crippen LogP contribution in [-0.2, 0) is 3.67 Å². The van der Waals surface area contributed by atoms with E-state index >= 15 is 0 Å². The summed E-state index contributed by atoms with van der Waals surface area (Å²) in [6, 6.07) is 6.85. The Balaban J connectivity index is 2.28. The Kier molecular flexibility index (Phi) is 2.97. The fourth-order valence-corrected chi connectivity index (χ4v) is 5.83. The van der Waals surface area contributed by atoms with Gasteiger partial charge in [0.1, 0.15) is 0 Å². The van der Waals surface area contributed by atoms with Crippen LogP contribution >= 0.6 is 34.5 Å². The Labute approximate surface area is 104 Å². The molecule has 1 aliphatic rings. The third kappa shape index (κ3) is 2.01. The van der Waals surface area contributed by atoms with Crippen LogP contribution in [-0.4, -0.2) is 16.0 Å². The molecular formula is C9H8I2N2O2. The van der Waals surface area contributed by atoms with Crippen molar-refractivity contribution in [1.82, 2.24) is 0 Å². The van der Waals surface area contributed by atoms with Gasteiger partial charge in [-0.25, -0.2) is 0 Å². The van der Waals surface area contributed by atoms with Gasteiger partial charge in [0.2, 0.25) is 0 Å². The number of carboxylic acids is 1. The average Bonchev–Trinajstić information content (AvgIpc) is 2.98. The fraction of sp³-hybridized carbons (Fsp3) is 0.222. The van der Waals surface area contributed by atoms with Crippen LogP contribution in [0.4, 0.5) is 0 Å². The molecular weight excluding hydrogens is 422 g/mol. The molecule has 2 rings (SSSR count). The first-order valence-corrected chi connectivity index (χ1v) is 13.6. The number of hydrogen-bond donors (Lipinski definition) is 1. The van der Waals surface area contributed by atoms with E-state index in [4.69, 9.17) is 5.11 Å². The number of benzene rings is 1. The molecule has 15 heavy (non-hydrogen) atoms. The van der Waals surface area contributed by atoms with E-state index in [2.05, 4.69) is 33.8 Å². The van der Waals surface area contributed by atoms with Gasteiger partial charge in [-0.15, -0.1) is 0 Å². The number of nitrogens with zero attached hydrogens (tertiary/aromatic N) is 2. The third-order valence-corrected chi connectivity index (χ3v) is 9.08. The van der Waals surface area contributed by atoms with Gasteiger partial charge in [-0.05, 0) is 0 Å². The van der Waals surface area contributed by atoms with Crippen molar-refractivity contribution in [2.75, 3.05) is 4.93 Å². The van der Waals surface area contributed by atoms with Crippen LogP contribution in [0.5, 0.6) is 0 Å². The first-order valence-electron chi connectivity index (χ1n) is 4.11. The van der Waals surface area contributed by atoms with Crippen molar-refractivity contribution >= 4 is 40.4 Å². The van der Waals surface area contributed by atoms with Gasteiger partial charge in [0.05, 0.1) is 0 Å². The molecule has 0 unspecified atom stereocenters. The summed E-state index contributed by atoms with van der Waals surface area (Å²) < 4.78 is -0.276. The molecule has 1 N–H and O–H groups in total. The molecule has 0 atom stereocenters. The van der Waals surface area contributed by atoms with Crippen LogP contribution in [0.2, 0.25) is 0 Å². The first kappa shape index (κ1) is 11.2. The molecule has 0 fully saturated rings. The zero-order valence-electron chi connectivity index (χ0n) is 7.82. The maximum absolute atomic E-state index is 10.7. The molecule has 1 aliphatic heterocycles. The molecule has 0 amide bonds. The second-order valence-corrected chi connectivity index (χ2v) is 15.1. The van der Waals surface area contributed by atoms with Crippen LogP contribution in [0.3, 0.4) is 0 Å². The van der Waals surface area contributed by atoms with E-state index in [9.17, 15) is 4.79 Å². The monoisotopic (exact) mass is 430 g/mol. The third-order valence-electron chi connectivity index (χ3n) is 2.14. The minimum atomic E-state index is -1.21. The molecule has 1 aromatic carbocycles. The molecule has 0 saturated heterocycles. The SMILES string of the molecule is CI(I)C1(c2ccc(C(=O)O)cc2)N=N1. The van der Waals surface area contributed by atoms with Gasteiger partial charge in [-0.2, -0.15) is 0 Å². The van der Waals surface area contributed by atoms with Gasteiger partial charge in [0, 0.05) is 0 Å². The number of halogens is 2. The van der Waals surface area contributed by atoms with Gasteiger partial charge < -0.3 is 0 Å². The minimum absolute atomic E-state index is 0.276. The molecule has 0 radical (unpaired) electrons. The number of aromatic carboxylic acids is 1. The van der Waals surface area contributed by atoms with E-state index in [0.717, 1.165) is 5.56 Å². The normalized spacial score (nSPS) is 17.3. The second-order valence-electron chi connectivity index (χ2n) is 3.07. The number of hydrogen-bond acceptors (Lipinski definition) is 3. The Bertz CT molecular complexity index is 422. The number of carboxylic acid groups (broad SMARTS) is 1. The Hall–Kier alpha value is -0.250. The van der Waals surface area contributed by atoms with Crippen molar-refractivity contribution in [3.63, 3.8) is 0 Å². The quantitative estimate of drug-likeness (QED) is 0.454. The zero-order chi connectivity index (χ0) is 11.1. The van der Waals surface area contributed by atoms with Crippen LogP contribution in [0.1, 0.15) is 15.9 Å². The van der Waals surface area contributed by atoms with Crippen LogP contribution in [0, 0.1) is 0 Å². The molecule has 0 bridgehead atoms. The molecule has 0 saturated carbocycles. The van der Waals surface area contributed by atoms with Crippen molar-refractivity contribution in [2.45, 2.75) is 3.67 Å². The van der Waals surface area contributed by atoms with Crippen LogP contribution in [0.15, 0.2) is 34.5 Å². The average molecular weight is 430 g/mol. The maximum atomic E-state index is 10.7. The predicted octanol–water partition coefficient (Wildman–Crippen LogP) is 3.45. The molecule has 80 valence electrons. The molecule has 0 aliphatic carbocycles.